The van der Waals surface area contributed by atoms with Crippen molar-refractivity contribution in [2.45, 2.75) is 32.4 Å². The molecule has 8 heteroatoms. The maximum Gasteiger partial charge on any atom is 0.253 e. The Morgan fingerprint density at radius 3 is 2.87 bits per heavy atom. The molecule has 0 aliphatic carbocycles. The number of pyridine rings is 1. The van der Waals surface area contributed by atoms with Gasteiger partial charge in [0.15, 0.2) is 0 Å². The number of rotatable bonds is 6. The lowest BCUT2D eigenvalue weighted by Crippen LogP contribution is -2.34. The minimum Gasteiger partial charge on any atom is -0.383 e. The summed E-state index contributed by atoms with van der Waals surface area (Å²) in [5, 5.41) is 3.44. The van der Waals surface area contributed by atoms with Crippen LogP contribution in [0.3, 0.4) is 0 Å². The molecule has 1 aliphatic rings. The van der Waals surface area contributed by atoms with Crippen LogP contribution in [0.25, 0.3) is 22.4 Å². The van der Waals surface area contributed by atoms with E-state index >= 15 is 4.39 Å². The van der Waals surface area contributed by atoms with Crippen LogP contribution >= 0.6 is 0 Å². The predicted molar refractivity (Wildman–Crippen MR) is 118 cm³/mol. The first-order chi connectivity index (χ1) is 15.0. The first-order valence-corrected chi connectivity index (χ1v) is 10.6. The van der Waals surface area contributed by atoms with E-state index in [0.29, 0.717) is 42.2 Å². The second-order valence-corrected chi connectivity index (χ2v) is 8.07. The molecule has 166 valence electrons. The Balaban J connectivity index is 2.02. The zero-order valence-electron chi connectivity index (χ0n) is 18.4. The Kier molecular flexibility index (Phi) is 6.22. The molecule has 0 radical (unpaired) electrons. The monoisotopic (exact) mass is 428 g/mol. The Bertz CT molecular complexity index is 1120. The van der Waals surface area contributed by atoms with Crippen molar-refractivity contribution in [1.82, 2.24) is 19.4 Å². The number of hydrogen-bond acceptors (Lipinski definition) is 5. The number of nitrogens with zero attached hydrogens (tertiary/aromatic N) is 3. The van der Waals surface area contributed by atoms with Crippen LogP contribution in [0.4, 0.5) is 4.39 Å². The van der Waals surface area contributed by atoms with Gasteiger partial charge in [-0.1, -0.05) is 13.0 Å². The summed E-state index contributed by atoms with van der Waals surface area (Å²) in [5.41, 5.74) is 3.29. The second kappa shape index (κ2) is 8.90. The van der Waals surface area contributed by atoms with Crippen molar-refractivity contribution in [3.8, 4) is 11.4 Å². The molecule has 1 aromatic carbocycles. The molecule has 2 atom stereocenters. The molecule has 3 aromatic rings. The quantitative estimate of drug-likeness (QED) is 0.653. The number of ether oxygens (including phenoxy) is 2. The summed E-state index contributed by atoms with van der Waals surface area (Å²) < 4.78 is 29.8. The molecular formula is C23H29FN4O3. The van der Waals surface area contributed by atoms with Gasteiger partial charge in [-0.25, -0.2) is 9.37 Å². The van der Waals surface area contributed by atoms with Crippen LogP contribution in [0.2, 0.25) is 0 Å². The van der Waals surface area contributed by atoms with E-state index < -0.39 is 0 Å². The lowest BCUT2D eigenvalue weighted by Gasteiger charge is -2.24. The molecule has 3 heterocycles. The second-order valence-electron chi connectivity index (χ2n) is 8.07. The molecule has 0 saturated carbocycles. The number of hydrogen-bond donors (Lipinski definition) is 1. The van der Waals surface area contributed by atoms with Crippen LogP contribution < -0.4 is 10.9 Å². The maximum absolute atomic E-state index is 15.3. The van der Waals surface area contributed by atoms with Gasteiger partial charge in [0, 0.05) is 38.0 Å². The summed E-state index contributed by atoms with van der Waals surface area (Å²) >= 11 is 0. The Morgan fingerprint density at radius 1 is 1.42 bits per heavy atom. The number of methoxy groups -OCH3 is 1. The molecule has 1 N–H and O–H groups in total. The molecule has 0 amide bonds. The fourth-order valence-corrected chi connectivity index (χ4v) is 4.36. The summed E-state index contributed by atoms with van der Waals surface area (Å²) in [6.07, 6.45) is 2.50. The first-order valence-electron chi connectivity index (χ1n) is 10.6. The van der Waals surface area contributed by atoms with Gasteiger partial charge in [0.05, 0.1) is 37.4 Å². The molecule has 4 rings (SSSR count). The average molecular weight is 429 g/mol. The Hall–Kier alpha value is -2.55. The summed E-state index contributed by atoms with van der Waals surface area (Å²) in [7, 11) is 3.36. The Morgan fingerprint density at radius 2 is 2.23 bits per heavy atom. The van der Waals surface area contributed by atoms with Crippen molar-refractivity contribution in [3.05, 3.63) is 51.7 Å². The summed E-state index contributed by atoms with van der Waals surface area (Å²) in [6.45, 7) is 6.15. The largest absolute Gasteiger partial charge is 0.383 e. The third kappa shape index (κ3) is 3.91. The maximum atomic E-state index is 15.3. The number of aryl methyl sites for hydroxylation is 2. The van der Waals surface area contributed by atoms with Crippen molar-refractivity contribution in [1.29, 1.82) is 0 Å². The first kappa shape index (κ1) is 21.7. The molecule has 2 unspecified atom stereocenters. The van der Waals surface area contributed by atoms with Gasteiger partial charge in [-0.05, 0) is 31.0 Å². The molecule has 1 saturated heterocycles. The standard InChI is InChI=1S/C23H29FN4O3/c1-5-16(12-30-4)28-21-18(24)7-6-17(19-13-31-9-8-25-19)20(21)26-22(28)15-10-14(2)23(29)27(3)11-15/h6-7,10-11,16,19,25H,5,8-9,12-13H2,1-4H3. The molecule has 31 heavy (non-hydrogen) atoms. The smallest absolute Gasteiger partial charge is 0.253 e. The van der Waals surface area contributed by atoms with E-state index in [0.717, 1.165) is 24.1 Å². The normalized spacial score (nSPS) is 17.9. The van der Waals surface area contributed by atoms with Crippen LogP contribution in [0.15, 0.2) is 29.2 Å². The van der Waals surface area contributed by atoms with Gasteiger partial charge in [0.25, 0.3) is 5.56 Å². The van der Waals surface area contributed by atoms with Gasteiger partial charge in [-0.15, -0.1) is 0 Å². The van der Waals surface area contributed by atoms with Crippen molar-refractivity contribution in [3.63, 3.8) is 0 Å². The summed E-state index contributed by atoms with van der Waals surface area (Å²) in [4.78, 5) is 17.2. The van der Waals surface area contributed by atoms with E-state index in [1.165, 1.54) is 6.07 Å². The van der Waals surface area contributed by atoms with Gasteiger partial charge in [0.1, 0.15) is 17.2 Å². The van der Waals surface area contributed by atoms with Crippen LogP contribution in [-0.2, 0) is 16.5 Å². The van der Waals surface area contributed by atoms with Gasteiger partial charge in [-0.3, -0.25) is 4.79 Å². The summed E-state index contributed by atoms with van der Waals surface area (Å²) in [6, 6.07) is 4.94. The zero-order valence-corrected chi connectivity index (χ0v) is 18.4. The van der Waals surface area contributed by atoms with E-state index in [9.17, 15) is 4.79 Å². The molecule has 1 fully saturated rings. The highest BCUT2D eigenvalue weighted by atomic mass is 19.1. The van der Waals surface area contributed by atoms with Crippen LogP contribution in [0.5, 0.6) is 0 Å². The number of fused-ring (bicyclic) bond motifs is 1. The third-order valence-corrected chi connectivity index (χ3v) is 5.93. The van der Waals surface area contributed by atoms with E-state index in [2.05, 4.69) is 5.32 Å². The molecular weight excluding hydrogens is 399 g/mol. The third-order valence-electron chi connectivity index (χ3n) is 5.93. The lowest BCUT2D eigenvalue weighted by atomic mass is 10.0. The van der Waals surface area contributed by atoms with E-state index in [-0.39, 0.29) is 23.5 Å². The zero-order chi connectivity index (χ0) is 22.1. The molecule has 2 aromatic heterocycles. The minimum absolute atomic E-state index is 0.0579. The molecule has 0 spiro atoms. The Labute approximate surface area is 180 Å². The highest BCUT2D eigenvalue weighted by Crippen LogP contribution is 2.35. The van der Waals surface area contributed by atoms with Crippen molar-refractivity contribution < 1.29 is 13.9 Å². The van der Waals surface area contributed by atoms with E-state index in [1.807, 2.05) is 17.6 Å². The number of benzene rings is 1. The van der Waals surface area contributed by atoms with E-state index in [1.54, 1.807) is 37.9 Å². The highest BCUT2D eigenvalue weighted by molar-refractivity contribution is 5.85. The number of halogens is 1. The van der Waals surface area contributed by atoms with Gasteiger partial charge in [-0.2, -0.15) is 0 Å². The topological polar surface area (TPSA) is 70.3 Å². The van der Waals surface area contributed by atoms with Crippen LogP contribution in [-0.4, -0.2) is 47.6 Å². The number of nitrogens with one attached hydrogen (secondary N) is 1. The lowest BCUT2D eigenvalue weighted by molar-refractivity contribution is 0.0772. The van der Waals surface area contributed by atoms with Crippen molar-refractivity contribution in [2.24, 2.45) is 7.05 Å². The average Bonchev–Trinajstić information content (AvgIpc) is 3.17. The number of aromatic nitrogens is 3. The fourth-order valence-electron chi connectivity index (χ4n) is 4.36. The van der Waals surface area contributed by atoms with Crippen LogP contribution in [0, 0.1) is 12.7 Å². The SMILES string of the molecule is CCC(COC)n1c(-c2cc(C)c(=O)n(C)c2)nc2c(C3COCCN3)ccc(F)c21. The molecule has 7 nitrogen and oxygen atoms in total. The molecule has 0 bridgehead atoms. The number of morpholine rings is 1. The van der Waals surface area contributed by atoms with Crippen LogP contribution in [0.1, 0.15) is 36.6 Å². The van der Waals surface area contributed by atoms with Gasteiger partial charge in [0.2, 0.25) is 0 Å². The van der Waals surface area contributed by atoms with E-state index in [4.69, 9.17) is 14.5 Å². The summed E-state index contributed by atoms with van der Waals surface area (Å²) in [5.74, 6) is 0.297. The minimum atomic E-state index is -0.328. The van der Waals surface area contributed by atoms with Gasteiger partial charge < -0.3 is 23.9 Å². The fraction of sp³-hybridized carbons (Fsp3) is 0.478. The van der Waals surface area contributed by atoms with Crippen molar-refractivity contribution in [2.75, 3.05) is 33.5 Å². The molecule has 1 aliphatic heterocycles. The highest BCUT2D eigenvalue weighted by Gasteiger charge is 2.27. The van der Waals surface area contributed by atoms with Gasteiger partial charge >= 0.3 is 0 Å². The predicted octanol–water partition coefficient (Wildman–Crippen LogP) is 3.11. The van der Waals surface area contributed by atoms with Crippen molar-refractivity contribution >= 4 is 11.0 Å². The number of imidazole rings is 1.